The van der Waals surface area contributed by atoms with E-state index in [1.165, 1.54) is 25.7 Å². The number of nitrogens with one attached hydrogen (secondary N) is 1. The Bertz CT molecular complexity index is 322. The molecule has 1 heterocycles. The van der Waals surface area contributed by atoms with E-state index >= 15 is 0 Å². The van der Waals surface area contributed by atoms with Gasteiger partial charge < -0.3 is 19.7 Å². The van der Waals surface area contributed by atoms with Crippen molar-refractivity contribution in [2.24, 2.45) is 5.92 Å². The van der Waals surface area contributed by atoms with Crippen LogP contribution in [0.25, 0.3) is 0 Å². The Morgan fingerprint density at radius 1 is 1.09 bits per heavy atom. The Hall–Kier alpha value is -0.650. The average molecular weight is 312 g/mol. The van der Waals surface area contributed by atoms with Crippen molar-refractivity contribution in [1.29, 1.82) is 0 Å². The van der Waals surface area contributed by atoms with Gasteiger partial charge in [-0.2, -0.15) is 0 Å². The summed E-state index contributed by atoms with van der Waals surface area (Å²) >= 11 is 0. The summed E-state index contributed by atoms with van der Waals surface area (Å²) in [6, 6.07) is 0. The highest BCUT2D eigenvalue weighted by Gasteiger charge is 2.26. The zero-order valence-corrected chi connectivity index (χ0v) is 14.2. The summed E-state index contributed by atoms with van der Waals surface area (Å²) in [7, 11) is 1.67. The minimum Gasteiger partial charge on any atom is -0.383 e. The van der Waals surface area contributed by atoms with E-state index in [2.05, 4.69) is 12.2 Å². The second-order valence-corrected chi connectivity index (χ2v) is 6.77. The van der Waals surface area contributed by atoms with Crippen molar-refractivity contribution in [1.82, 2.24) is 10.2 Å². The van der Waals surface area contributed by atoms with Gasteiger partial charge in [0, 0.05) is 26.7 Å². The SMILES string of the molecule is COCCNCC(=O)N1CCC(OC2CCC(C)CC2)CC1. The van der Waals surface area contributed by atoms with Crippen molar-refractivity contribution >= 4 is 5.91 Å². The summed E-state index contributed by atoms with van der Waals surface area (Å²) < 4.78 is 11.2. The lowest BCUT2D eigenvalue weighted by molar-refractivity contribution is -0.134. The fraction of sp³-hybridized carbons (Fsp3) is 0.941. The van der Waals surface area contributed by atoms with Crippen molar-refractivity contribution in [3.05, 3.63) is 0 Å². The van der Waals surface area contributed by atoms with Gasteiger partial charge in [0.2, 0.25) is 5.91 Å². The standard InChI is InChI=1S/C17H32N2O3/c1-14-3-5-15(6-4-14)22-16-7-10-19(11-8-16)17(20)13-18-9-12-21-2/h14-16,18H,3-13H2,1-2H3. The summed E-state index contributed by atoms with van der Waals surface area (Å²) in [4.78, 5) is 14.0. The summed E-state index contributed by atoms with van der Waals surface area (Å²) in [6.45, 7) is 5.78. The number of amides is 1. The first-order valence-corrected chi connectivity index (χ1v) is 8.82. The summed E-state index contributed by atoms with van der Waals surface area (Å²) in [6.07, 6.45) is 7.80. The molecule has 2 rings (SSSR count). The predicted molar refractivity (Wildman–Crippen MR) is 86.9 cm³/mol. The molecule has 5 nitrogen and oxygen atoms in total. The van der Waals surface area contributed by atoms with Crippen LogP contribution in [0.4, 0.5) is 0 Å². The Kier molecular flexibility index (Phi) is 7.63. The van der Waals surface area contributed by atoms with Crippen molar-refractivity contribution in [3.63, 3.8) is 0 Å². The zero-order chi connectivity index (χ0) is 15.8. The molecular formula is C17H32N2O3. The Morgan fingerprint density at radius 2 is 1.73 bits per heavy atom. The van der Waals surface area contributed by atoms with Gasteiger partial charge in [-0.05, 0) is 44.4 Å². The van der Waals surface area contributed by atoms with Crippen LogP contribution >= 0.6 is 0 Å². The molecule has 0 aromatic heterocycles. The fourth-order valence-electron chi connectivity index (χ4n) is 3.36. The Morgan fingerprint density at radius 3 is 2.36 bits per heavy atom. The molecule has 0 aromatic carbocycles. The Balaban J connectivity index is 1.60. The molecule has 2 aliphatic rings. The highest BCUT2D eigenvalue weighted by Crippen LogP contribution is 2.28. The normalized spacial score (nSPS) is 27.1. The van der Waals surface area contributed by atoms with E-state index in [1.54, 1.807) is 7.11 Å². The van der Waals surface area contributed by atoms with E-state index in [0.717, 1.165) is 38.4 Å². The summed E-state index contributed by atoms with van der Waals surface area (Å²) in [5.41, 5.74) is 0. The van der Waals surface area contributed by atoms with Crippen LogP contribution in [0.2, 0.25) is 0 Å². The molecule has 22 heavy (non-hydrogen) atoms. The molecule has 0 bridgehead atoms. The van der Waals surface area contributed by atoms with Gasteiger partial charge in [0.1, 0.15) is 0 Å². The number of piperidine rings is 1. The second-order valence-electron chi connectivity index (χ2n) is 6.77. The number of carbonyl (C=O) groups excluding carboxylic acids is 1. The first-order valence-electron chi connectivity index (χ1n) is 8.82. The van der Waals surface area contributed by atoms with E-state index in [0.29, 0.717) is 25.4 Å². The third-order valence-electron chi connectivity index (χ3n) is 4.90. The van der Waals surface area contributed by atoms with Crippen LogP contribution in [0.15, 0.2) is 0 Å². The monoisotopic (exact) mass is 312 g/mol. The summed E-state index contributed by atoms with van der Waals surface area (Å²) in [5, 5.41) is 3.12. The van der Waals surface area contributed by atoms with E-state index < -0.39 is 0 Å². The van der Waals surface area contributed by atoms with E-state index in [-0.39, 0.29) is 5.91 Å². The molecule has 0 atom stereocenters. The highest BCUT2D eigenvalue weighted by atomic mass is 16.5. The first-order chi connectivity index (χ1) is 10.7. The quantitative estimate of drug-likeness (QED) is 0.729. The number of hydrogen-bond acceptors (Lipinski definition) is 4. The highest BCUT2D eigenvalue weighted by molar-refractivity contribution is 5.78. The zero-order valence-electron chi connectivity index (χ0n) is 14.2. The van der Waals surface area contributed by atoms with Crippen LogP contribution < -0.4 is 5.32 Å². The number of nitrogens with zero attached hydrogens (tertiary/aromatic N) is 1. The van der Waals surface area contributed by atoms with E-state index in [4.69, 9.17) is 9.47 Å². The van der Waals surface area contributed by atoms with Crippen LogP contribution in [0, 0.1) is 5.92 Å². The van der Waals surface area contributed by atoms with Gasteiger partial charge in [0.05, 0.1) is 25.4 Å². The van der Waals surface area contributed by atoms with Crippen LogP contribution in [-0.4, -0.2) is 62.9 Å². The van der Waals surface area contributed by atoms with E-state index in [1.807, 2.05) is 4.90 Å². The minimum absolute atomic E-state index is 0.195. The fourth-order valence-corrected chi connectivity index (χ4v) is 3.36. The molecule has 1 N–H and O–H groups in total. The number of carbonyl (C=O) groups is 1. The third-order valence-corrected chi connectivity index (χ3v) is 4.90. The van der Waals surface area contributed by atoms with Gasteiger partial charge in [-0.1, -0.05) is 6.92 Å². The number of rotatable bonds is 7. The third kappa shape index (κ3) is 5.86. The second kappa shape index (κ2) is 9.48. The van der Waals surface area contributed by atoms with Crippen LogP contribution in [0.1, 0.15) is 45.4 Å². The Labute approximate surface area is 134 Å². The van der Waals surface area contributed by atoms with Crippen LogP contribution in [0.3, 0.4) is 0 Å². The molecule has 1 saturated carbocycles. The molecule has 1 amide bonds. The molecule has 1 aliphatic carbocycles. The van der Waals surface area contributed by atoms with Gasteiger partial charge in [-0.25, -0.2) is 0 Å². The van der Waals surface area contributed by atoms with Gasteiger partial charge in [-0.3, -0.25) is 4.79 Å². The van der Waals surface area contributed by atoms with Gasteiger partial charge >= 0.3 is 0 Å². The van der Waals surface area contributed by atoms with E-state index in [9.17, 15) is 4.79 Å². The molecule has 0 radical (unpaired) electrons. The molecule has 5 heteroatoms. The predicted octanol–water partition coefficient (Wildman–Crippen LogP) is 1.81. The first kappa shape index (κ1) is 17.7. The molecule has 1 saturated heterocycles. The molecular weight excluding hydrogens is 280 g/mol. The van der Waals surface area contributed by atoms with Crippen molar-refractivity contribution < 1.29 is 14.3 Å². The minimum atomic E-state index is 0.195. The molecule has 0 spiro atoms. The smallest absolute Gasteiger partial charge is 0.236 e. The largest absolute Gasteiger partial charge is 0.383 e. The van der Waals surface area contributed by atoms with Crippen LogP contribution in [0.5, 0.6) is 0 Å². The molecule has 0 unspecified atom stereocenters. The topological polar surface area (TPSA) is 50.8 Å². The van der Waals surface area contributed by atoms with Crippen molar-refractivity contribution in [2.45, 2.75) is 57.7 Å². The van der Waals surface area contributed by atoms with Gasteiger partial charge in [-0.15, -0.1) is 0 Å². The number of likely N-dealkylation sites (tertiary alicyclic amines) is 1. The molecule has 1 aliphatic heterocycles. The lowest BCUT2D eigenvalue weighted by Gasteiger charge is -2.35. The number of methoxy groups -OCH3 is 1. The van der Waals surface area contributed by atoms with Gasteiger partial charge in [0.25, 0.3) is 0 Å². The molecule has 2 fully saturated rings. The maximum atomic E-state index is 12.1. The van der Waals surface area contributed by atoms with Gasteiger partial charge in [0.15, 0.2) is 0 Å². The summed E-state index contributed by atoms with van der Waals surface area (Å²) in [5.74, 6) is 1.06. The van der Waals surface area contributed by atoms with Crippen molar-refractivity contribution in [3.8, 4) is 0 Å². The molecule has 128 valence electrons. The maximum Gasteiger partial charge on any atom is 0.236 e. The van der Waals surface area contributed by atoms with Crippen LogP contribution in [-0.2, 0) is 14.3 Å². The molecule has 0 aromatic rings. The number of hydrogen-bond donors (Lipinski definition) is 1. The average Bonchev–Trinajstić information content (AvgIpc) is 2.54. The maximum absolute atomic E-state index is 12.1. The lowest BCUT2D eigenvalue weighted by Crippen LogP contribution is -2.45. The number of ether oxygens (including phenoxy) is 2. The van der Waals surface area contributed by atoms with Crippen molar-refractivity contribution in [2.75, 3.05) is 39.9 Å². The lowest BCUT2D eigenvalue weighted by atomic mass is 9.88.